The zero-order valence-corrected chi connectivity index (χ0v) is 12.7. The summed E-state index contributed by atoms with van der Waals surface area (Å²) in [5.41, 5.74) is 11.3. The number of nitrogens with two attached hydrogens (primary N) is 2. The van der Waals surface area contributed by atoms with Gasteiger partial charge < -0.3 is 16.8 Å². The van der Waals surface area contributed by atoms with Gasteiger partial charge in [0.25, 0.3) is 0 Å². The van der Waals surface area contributed by atoms with Crippen molar-refractivity contribution in [2.45, 2.75) is 63.5 Å². The van der Waals surface area contributed by atoms with Crippen LogP contribution in [0.25, 0.3) is 0 Å². The smallest absolute Gasteiger partial charge is 0.223 e. The molecule has 0 aliphatic heterocycles. The first-order valence-electron chi connectivity index (χ1n) is 7.43. The molecular formula is C14H26ClN3O2. The molecule has 2 aliphatic rings. The van der Waals surface area contributed by atoms with Gasteiger partial charge in [0.2, 0.25) is 11.8 Å². The summed E-state index contributed by atoms with van der Waals surface area (Å²) in [6, 6.07) is 0.0692. The average molecular weight is 304 g/mol. The molecule has 0 aromatic carbocycles. The Morgan fingerprint density at radius 2 is 1.70 bits per heavy atom. The first kappa shape index (κ1) is 17.2. The molecule has 5 nitrogen and oxygen atoms in total. The Hall–Kier alpha value is -0.810. The normalized spacial score (nSPS) is 33.9. The topological polar surface area (TPSA) is 98.2 Å². The third-order valence-electron chi connectivity index (χ3n) is 4.54. The van der Waals surface area contributed by atoms with Gasteiger partial charge in [-0.25, -0.2) is 0 Å². The molecule has 5 N–H and O–H groups in total. The molecule has 0 aromatic heterocycles. The Bertz CT molecular complexity index is 351. The minimum Gasteiger partial charge on any atom is -0.369 e. The summed E-state index contributed by atoms with van der Waals surface area (Å²) in [7, 11) is 0. The quantitative estimate of drug-likeness (QED) is 0.727. The molecule has 0 heterocycles. The van der Waals surface area contributed by atoms with Crippen LogP contribution in [-0.4, -0.2) is 23.9 Å². The predicted octanol–water partition coefficient (Wildman–Crippen LogP) is 1.09. The lowest BCUT2D eigenvalue weighted by Gasteiger charge is -2.33. The zero-order valence-electron chi connectivity index (χ0n) is 11.8. The van der Waals surface area contributed by atoms with Crippen LogP contribution in [0.15, 0.2) is 0 Å². The van der Waals surface area contributed by atoms with Crippen molar-refractivity contribution in [3.63, 3.8) is 0 Å². The standard InChI is InChI=1S/C14H25N3O2.ClH/c15-10-5-3-4-9(8-10)14(19)17-12-7-2-1-6-11(12)13(16)18;/h9-12H,1-8,15H2,(H2,16,18)(H,17,19);1H. The third kappa shape index (κ3) is 4.35. The molecule has 4 atom stereocenters. The van der Waals surface area contributed by atoms with Crippen LogP contribution in [0.1, 0.15) is 51.4 Å². The van der Waals surface area contributed by atoms with Gasteiger partial charge in [0.15, 0.2) is 0 Å². The van der Waals surface area contributed by atoms with Gasteiger partial charge in [-0.1, -0.05) is 19.3 Å². The minimum absolute atomic E-state index is 0. The van der Waals surface area contributed by atoms with E-state index in [1.165, 1.54) is 0 Å². The molecule has 2 amide bonds. The van der Waals surface area contributed by atoms with Crippen molar-refractivity contribution < 1.29 is 9.59 Å². The highest BCUT2D eigenvalue weighted by molar-refractivity contribution is 5.85. The number of halogens is 1. The van der Waals surface area contributed by atoms with Crippen LogP contribution >= 0.6 is 12.4 Å². The summed E-state index contributed by atoms with van der Waals surface area (Å²) in [5.74, 6) is -0.409. The number of nitrogens with one attached hydrogen (secondary N) is 1. The van der Waals surface area contributed by atoms with Crippen molar-refractivity contribution >= 4 is 24.2 Å². The molecule has 6 heteroatoms. The number of hydrogen-bond acceptors (Lipinski definition) is 3. The molecule has 0 bridgehead atoms. The van der Waals surface area contributed by atoms with E-state index in [1.807, 2.05) is 0 Å². The lowest BCUT2D eigenvalue weighted by atomic mass is 9.82. The summed E-state index contributed by atoms with van der Waals surface area (Å²) in [6.07, 6.45) is 7.43. The fourth-order valence-corrected chi connectivity index (χ4v) is 3.41. The Morgan fingerprint density at radius 3 is 2.35 bits per heavy atom. The Kier molecular flexibility index (Phi) is 6.76. The lowest BCUT2D eigenvalue weighted by molar-refractivity contribution is -0.129. The number of carbonyl (C=O) groups excluding carboxylic acids is 2. The second kappa shape index (κ2) is 7.84. The maximum atomic E-state index is 12.3. The van der Waals surface area contributed by atoms with E-state index >= 15 is 0 Å². The second-order valence-corrected chi connectivity index (χ2v) is 6.03. The van der Waals surface area contributed by atoms with Crippen LogP contribution in [0.5, 0.6) is 0 Å². The van der Waals surface area contributed by atoms with Crippen molar-refractivity contribution in [1.29, 1.82) is 0 Å². The van der Waals surface area contributed by atoms with Gasteiger partial charge in [-0.05, 0) is 32.1 Å². The number of hydrogen-bond donors (Lipinski definition) is 3. The van der Waals surface area contributed by atoms with Gasteiger partial charge in [0.05, 0.1) is 5.92 Å². The summed E-state index contributed by atoms with van der Waals surface area (Å²) in [5, 5.41) is 3.05. The van der Waals surface area contributed by atoms with Crippen LogP contribution in [0.4, 0.5) is 0 Å². The van der Waals surface area contributed by atoms with Gasteiger partial charge in [-0.3, -0.25) is 9.59 Å². The maximum Gasteiger partial charge on any atom is 0.223 e. The average Bonchev–Trinajstić information content (AvgIpc) is 2.39. The van der Waals surface area contributed by atoms with Gasteiger partial charge >= 0.3 is 0 Å². The SMILES string of the molecule is Cl.NC(=O)C1CCCCC1NC(=O)C1CCCC(N)C1. The molecule has 0 aromatic rings. The summed E-state index contributed by atoms with van der Waals surface area (Å²) in [4.78, 5) is 23.7. The number of primary amides is 1. The molecule has 0 spiro atoms. The highest BCUT2D eigenvalue weighted by Crippen LogP contribution is 2.27. The molecule has 116 valence electrons. The van der Waals surface area contributed by atoms with E-state index in [4.69, 9.17) is 11.5 Å². The van der Waals surface area contributed by atoms with E-state index < -0.39 is 0 Å². The van der Waals surface area contributed by atoms with Gasteiger partial charge in [0, 0.05) is 18.0 Å². The van der Waals surface area contributed by atoms with E-state index in [1.54, 1.807) is 0 Å². The van der Waals surface area contributed by atoms with Gasteiger partial charge in [-0.15, -0.1) is 12.4 Å². The molecule has 2 saturated carbocycles. The van der Waals surface area contributed by atoms with Crippen molar-refractivity contribution in [2.24, 2.45) is 23.3 Å². The molecule has 4 unspecified atom stereocenters. The predicted molar refractivity (Wildman–Crippen MR) is 80.3 cm³/mol. The van der Waals surface area contributed by atoms with Crippen LogP contribution in [0.3, 0.4) is 0 Å². The van der Waals surface area contributed by atoms with Crippen LogP contribution < -0.4 is 16.8 Å². The first-order valence-corrected chi connectivity index (χ1v) is 7.43. The minimum atomic E-state index is -0.287. The van der Waals surface area contributed by atoms with Crippen molar-refractivity contribution in [2.75, 3.05) is 0 Å². The fourth-order valence-electron chi connectivity index (χ4n) is 3.41. The Morgan fingerprint density at radius 1 is 1.00 bits per heavy atom. The van der Waals surface area contributed by atoms with Crippen molar-refractivity contribution in [1.82, 2.24) is 5.32 Å². The molecule has 2 aliphatic carbocycles. The van der Waals surface area contributed by atoms with E-state index in [-0.39, 0.29) is 48.1 Å². The molecule has 20 heavy (non-hydrogen) atoms. The molecule has 2 rings (SSSR count). The summed E-state index contributed by atoms with van der Waals surface area (Å²) >= 11 is 0. The molecule has 0 radical (unpaired) electrons. The van der Waals surface area contributed by atoms with Crippen molar-refractivity contribution in [3.8, 4) is 0 Å². The first-order chi connectivity index (χ1) is 9.08. The summed E-state index contributed by atoms with van der Waals surface area (Å²) < 4.78 is 0. The maximum absolute atomic E-state index is 12.3. The third-order valence-corrected chi connectivity index (χ3v) is 4.54. The zero-order chi connectivity index (χ0) is 13.8. The van der Waals surface area contributed by atoms with Crippen LogP contribution in [-0.2, 0) is 9.59 Å². The van der Waals surface area contributed by atoms with Crippen molar-refractivity contribution in [3.05, 3.63) is 0 Å². The second-order valence-electron chi connectivity index (χ2n) is 6.03. The lowest BCUT2D eigenvalue weighted by Crippen LogP contribution is -2.49. The number of carbonyl (C=O) groups is 2. The largest absolute Gasteiger partial charge is 0.369 e. The van der Waals surface area contributed by atoms with E-state index in [9.17, 15) is 9.59 Å². The van der Waals surface area contributed by atoms with Gasteiger partial charge in [0.1, 0.15) is 0 Å². The number of amides is 2. The highest BCUT2D eigenvalue weighted by Gasteiger charge is 2.33. The molecule has 2 fully saturated rings. The molecular weight excluding hydrogens is 278 g/mol. The summed E-state index contributed by atoms with van der Waals surface area (Å²) in [6.45, 7) is 0. The highest BCUT2D eigenvalue weighted by atomic mass is 35.5. The monoisotopic (exact) mass is 303 g/mol. The fraction of sp³-hybridized carbons (Fsp3) is 0.857. The Balaban J connectivity index is 0.00000200. The van der Waals surface area contributed by atoms with Crippen LogP contribution in [0, 0.1) is 11.8 Å². The Labute approximate surface area is 126 Å². The number of rotatable bonds is 3. The van der Waals surface area contributed by atoms with Crippen LogP contribution in [0.2, 0.25) is 0 Å². The van der Waals surface area contributed by atoms with E-state index in [0.29, 0.717) is 0 Å². The van der Waals surface area contributed by atoms with E-state index in [2.05, 4.69) is 5.32 Å². The molecule has 0 saturated heterocycles. The van der Waals surface area contributed by atoms with Gasteiger partial charge in [-0.2, -0.15) is 0 Å². The van der Waals surface area contributed by atoms with E-state index in [0.717, 1.165) is 51.4 Å².